The predicted octanol–water partition coefficient (Wildman–Crippen LogP) is 4.83. The summed E-state index contributed by atoms with van der Waals surface area (Å²) in [5, 5.41) is 4.73. The summed E-state index contributed by atoms with van der Waals surface area (Å²) < 4.78 is 5.48. The molecule has 10 heteroatoms. The van der Waals surface area contributed by atoms with Crippen LogP contribution in [0.25, 0.3) is 11.2 Å². The Morgan fingerprint density at radius 3 is 2.38 bits per heavy atom. The normalized spacial score (nSPS) is 11.3. The van der Waals surface area contributed by atoms with Crippen molar-refractivity contribution in [2.45, 2.75) is 25.8 Å². The number of imidazole rings is 1. The second kappa shape index (κ2) is 10.5. The second-order valence-electron chi connectivity index (χ2n) is 8.08. The van der Waals surface area contributed by atoms with Crippen LogP contribution in [0, 0.1) is 3.57 Å². The molecule has 0 amide bonds. The largest absolute Gasteiger partial charge is 0.356 e. The van der Waals surface area contributed by atoms with Gasteiger partial charge in [0.2, 0.25) is 5.95 Å². The van der Waals surface area contributed by atoms with Crippen molar-refractivity contribution in [3.63, 3.8) is 0 Å². The van der Waals surface area contributed by atoms with E-state index in [1.165, 1.54) is 11.6 Å². The van der Waals surface area contributed by atoms with Crippen molar-refractivity contribution >= 4 is 62.9 Å². The van der Waals surface area contributed by atoms with Crippen LogP contribution in [0.5, 0.6) is 0 Å². The fourth-order valence-corrected chi connectivity index (χ4v) is 5.07. The number of nitrogens with zero attached hydrogens (tertiary/aromatic N) is 4. The summed E-state index contributed by atoms with van der Waals surface area (Å²) >= 11 is 14.8. The highest BCUT2D eigenvalue weighted by molar-refractivity contribution is 14.1. The third kappa shape index (κ3) is 4.89. The molecule has 0 aliphatic rings. The van der Waals surface area contributed by atoms with Crippen molar-refractivity contribution in [1.82, 2.24) is 18.7 Å². The molecule has 0 aliphatic heterocycles. The van der Waals surface area contributed by atoms with E-state index in [9.17, 15) is 9.59 Å². The van der Waals surface area contributed by atoms with Gasteiger partial charge in [0.15, 0.2) is 11.2 Å². The monoisotopic (exact) mass is 611 g/mol. The van der Waals surface area contributed by atoms with Crippen LogP contribution in [0.15, 0.2) is 52.1 Å². The van der Waals surface area contributed by atoms with Crippen molar-refractivity contribution in [1.29, 1.82) is 0 Å². The van der Waals surface area contributed by atoms with Gasteiger partial charge in [-0.05, 0) is 71.2 Å². The van der Waals surface area contributed by atoms with Gasteiger partial charge >= 0.3 is 5.69 Å². The van der Waals surface area contributed by atoms with E-state index in [2.05, 4.69) is 32.9 Å². The highest BCUT2D eigenvalue weighted by atomic mass is 127. The molecule has 0 bridgehead atoms. The van der Waals surface area contributed by atoms with E-state index >= 15 is 0 Å². The van der Waals surface area contributed by atoms with E-state index in [4.69, 9.17) is 23.2 Å². The predicted molar refractivity (Wildman–Crippen MR) is 146 cm³/mol. The molecule has 34 heavy (non-hydrogen) atoms. The molecular weight excluding hydrogens is 588 g/mol. The first-order valence-electron chi connectivity index (χ1n) is 10.9. The summed E-state index contributed by atoms with van der Waals surface area (Å²) in [7, 11) is 3.12. The molecule has 7 nitrogen and oxygen atoms in total. The van der Waals surface area contributed by atoms with Crippen LogP contribution in [0.3, 0.4) is 0 Å². The summed E-state index contributed by atoms with van der Waals surface area (Å²) in [5.74, 6) is 0.559. The number of hydrogen-bond donors (Lipinski definition) is 1. The molecule has 0 atom stereocenters. The number of aromatic nitrogens is 4. The maximum atomic E-state index is 13.0. The Bertz CT molecular complexity index is 1450. The summed E-state index contributed by atoms with van der Waals surface area (Å²) in [6, 6.07) is 13.5. The van der Waals surface area contributed by atoms with E-state index in [1.807, 2.05) is 47.0 Å². The average molecular weight is 612 g/mol. The molecule has 178 valence electrons. The van der Waals surface area contributed by atoms with Crippen molar-refractivity contribution in [3.8, 4) is 0 Å². The van der Waals surface area contributed by atoms with E-state index in [0.29, 0.717) is 40.2 Å². The summed E-state index contributed by atoms with van der Waals surface area (Å²) in [6.07, 6.45) is 2.51. The number of halogens is 3. The molecule has 0 aliphatic carbocycles. The molecule has 2 aromatic heterocycles. The van der Waals surface area contributed by atoms with Gasteiger partial charge in [-0.1, -0.05) is 47.5 Å². The van der Waals surface area contributed by atoms with E-state index in [0.717, 1.165) is 38.5 Å². The Hall–Kier alpha value is -2.30. The van der Waals surface area contributed by atoms with E-state index < -0.39 is 5.69 Å². The zero-order chi connectivity index (χ0) is 24.4. The number of hydrogen-bond acceptors (Lipinski definition) is 4. The van der Waals surface area contributed by atoms with Crippen molar-refractivity contribution in [2.24, 2.45) is 14.1 Å². The van der Waals surface area contributed by atoms with E-state index in [-0.39, 0.29) is 5.56 Å². The van der Waals surface area contributed by atoms with Crippen LogP contribution in [0.1, 0.15) is 24.0 Å². The molecule has 0 radical (unpaired) electrons. The third-order valence-electron chi connectivity index (χ3n) is 5.83. The maximum Gasteiger partial charge on any atom is 0.332 e. The molecule has 0 unspecified atom stereocenters. The van der Waals surface area contributed by atoms with Gasteiger partial charge < -0.3 is 5.32 Å². The van der Waals surface area contributed by atoms with Crippen molar-refractivity contribution in [3.05, 3.63) is 88.0 Å². The molecule has 2 heterocycles. The highest BCUT2D eigenvalue weighted by Crippen LogP contribution is 2.26. The molecule has 2 aromatic carbocycles. The Morgan fingerprint density at radius 1 is 0.971 bits per heavy atom. The summed E-state index contributed by atoms with van der Waals surface area (Å²) in [5.41, 5.74) is 2.02. The number of nitrogens with one attached hydrogen (secondary N) is 1. The zero-order valence-electron chi connectivity index (χ0n) is 18.8. The van der Waals surface area contributed by atoms with Crippen molar-refractivity contribution < 1.29 is 0 Å². The summed E-state index contributed by atoms with van der Waals surface area (Å²) in [4.78, 5) is 30.1. The Balaban J connectivity index is 1.60. The molecule has 4 rings (SSSR count). The Labute approximate surface area is 220 Å². The fraction of sp³-hybridized carbons (Fsp3) is 0.292. The van der Waals surface area contributed by atoms with Gasteiger partial charge in [0, 0.05) is 34.3 Å². The number of aryl methyl sites for hydroxylation is 1. The molecule has 1 N–H and O–H groups in total. The van der Waals surface area contributed by atoms with Crippen LogP contribution in [-0.2, 0) is 27.1 Å². The third-order valence-corrected chi connectivity index (χ3v) is 7.59. The number of rotatable bonds is 8. The molecule has 0 spiro atoms. The van der Waals surface area contributed by atoms with Crippen LogP contribution < -0.4 is 16.6 Å². The number of benzene rings is 2. The number of unbranched alkanes of at least 4 members (excludes halogenated alkanes) is 1. The SMILES string of the molecule is Cn1c(=O)c2c(nc(NCCCCc3c(Cl)cccc3Cl)n2Cc2ccccc2I)n(C)c1=O. The molecule has 0 fully saturated rings. The smallest absolute Gasteiger partial charge is 0.332 e. The zero-order valence-corrected chi connectivity index (χ0v) is 22.5. The van der Waals surface area contributed by atoms with Crippen LogP contribution in [-0.4, -0.2) is 25.2 Å². The minimum Gasteiger partial charge on any atom is -0.356 e. The van der Waals surface area contributed by atoms with Gasteiger partial charge in [-0.2, -0.15) is 4.98 Å². The first kappa shape index (κ1) is 24.8. The first-order chi connectivity index (χ1) is 16.3. The Kier molecular flexibility index (Phi) is 7.69. The van der Waals surface area contributed by atoms with Gasteiger partial charge in [0.25, 0.3) is 5.56 Å². The van der Waals surface area contributed by atoms with Crippen molar-refractivity contribution in [2.75, 3.05) is 11.9 Å². The quantitative estimate of drug-likeness (QED) is 0.229. The lowest BCUT2D eigenvalue weighted by Gasteiger charge is -2.12. The molecule has 0 saturated carbocycles. The number of fused-ring (bicyclic) bond motifs is 1. The standard InChI is InChI=1S/C24H24Cl2IN5O2/c1-30-21-20(22(33)31(2)24(30)34)32(14-15-8-3-4-12-19(15)27)23(29-21)28-13-6-5-9-16-17(25)10-7-11-18(16)26/h3-4,7-8,10-12H,5-6,9,13-14H2,1-2H3,(H,28,29). The molecule has 0 saturated heterocycles. The fourth-order valence-electron chi connectivity index (χ4n) is 3.93. The second-order valence-corrected chi connectivity index (χ2v) is 10.1. The average Bonchev–Trinajstić information content (AvgIpc) is 3.17. The highest BCUT2D eigenvalue weighted by Gasteiger charge is 2.19. The lowest BCUT2D eigenvalue weighted by molar-refractivity contribution is 0.702. The van der Waals surface area contributed by atoms with E-state index in [1.54, 1.807) is 7.05 Å². The maximum absolute atomic E-state index is 13.0. The van der Waals surface area contributed by atoms with Gasteiger partial charge in [-0.25, -0.2) is 4.79 Å². The number of anilines is 1. The molecule has 4 aromatic rings. The summed E-state index contributed by atoms with van der Waals surface area (Å²) in [6.45, 7) is 1.10. The minimum absolute atomic E-state index is 0.363. The lowest BCUT2D eigenvalue weighted by atomic mass is 10.1. The van der Waals surface area contributed by atoms with Gasteiger partial charge in [0.1, 0.15) is 0 Å². The Morgan fingerprint density at radius 2 is 1.68 bits per heavy atom. The van der Waals surface area contributed by atoms with Gasteiger partial charge in [0.05, 0.1) is 6.54 Å². The lowest BCUT2D eigenvalue weighted by Crippen LogP contribution is -2.37. The van der Waals surface area contributed by atoms with Gasteiger partial charge in [-0.15, -0.1) is 0 Å². The topological polar surface area (TPSA) is 73.8 Å². The first-order valence-corrected chi connectivity index (χ1v) is 12.7. The molecular formula is C24H24Cl2IN5O2. The van der Waals surface area contributed by atoms with Crippen LogP contribution >= 0.6 is 45.8 Å². The minimum atomic E-state index is -0.403. The van der Waals surface area contributed by atoms with Crippen LogP contribution in [0.2, 0.25) is 10.0 Å². The van der Waals surface area contributed by atoms with Gasteiger partial charge in [-0.3, -0.25) is 18.5 Å². The van der Waals surface area contributed by atoms with Crippen LogP contribution in [0.4, 0.5) is 5.95 Å².